The van der Waals surface area contributed by atoms with Crippen molar-refractivity contribution in [3.05, 3.63) is 11.6 Å². The summed E-state index contributed by atoms with van der Waals surface area (Å²) in [5.41, 5.74) is 0.166. The Kier molecular flexibility index (Phi) is 3.79. The number of alkyl halides is 3. The van der Waals surface area contributed by atoms with Crippen LogP contribution in [-0.4, -0.2) is 18.8 Å². The van der Waals surface area contributed by atoms with E-state index >= 15 is 0 Å². The van der Waals surface area contributed by atoms with Gasteiger partial charge in [-0.2, -0.15) is 13.2 Å². The smallest absolute Gasteiger partial charge is 0.422 e. The average Bonchev–Trinajstić information content (AvgIpc) is 1.97. The van der Waals surface area contributed by atoms with Crippen molar-refractivity contribution in [1.82, 2.24) is 0 Å². The maximum atomic E-state index is 11.5. The van der Waals surface area contributed by atoms with Crippen LogP contribution in [0.1, 0.15) is 13.8 Å². The quantitative estimate of drug-likeness (QED) is 0.482. The normalized spacial score (nSPS) is 12.9. The van der Waals surface area contributed by atoms with Crippen molar-refractivity contribution in [1.29, 1.82) is 0 Å². The SMILES string of the molecule is CC=C(C)C(=O)OCC(F)(F)F. The van der Waals surface area contributed by atoms with Crippen LogP contribution in [0, 0.1) is 0 Å². The maximum Gasteiger partial charge on any atom is 0.422 e. The lowest BCUT2D eigenvalue weighted by atomic mass is 10.3. The van der Waals surface area contributed by atoms with Crippen molar-refractivity contribution >= 4 is 5.97 Å². The van der Waals surface area contributed by atoms with Crippen molar-refractivity contribution < 1.29 is 22.7 Å². The molecule has 0 aliphatic rings. The summed E-state index contributed by atoms with van der Waals surface area (Å²) in [6, 6.07) is 0. The first-order valence-electron chi connectivity index (χ1n) is 3.23. The number of hydrogen-bond acceptors (Lipinski definition) is 2. The van der Waals surface area contributed by atoms with Gasteiger partial charge in [0.25, 0.3) is 0 Å². The van der Waals surface area contributed by atoms with E-state index in [0.29, 0.717) is 0 Å². The summed E-state index contributed by atoms with van der Waals surface area (Å²) >= 11 is 0. The summed E-state index contributed by atoms with van der Waals surface area (Å²) in [5.74, 6) is -0.935. The minimum atomic E-state index is -4.45. The highest BCUT2D eigenvalue weighted by Crippen LogP contribution is 2.15. The molecule has 0 N–H and O–H groups in total. The molecule has 0 aliphatic heterocycles. The lowest BCUT2D eigenvalue weighted by Crippen LogP contribution is -2.20. The summed E-state index contributed by atoms with van der Waals surface area (Å²) in [5, 5.41) is 0. The van der Waals surface area contributed by atoms with Gasteiger partial charge in [0, 0.05) is 5.57 Å². The van der Waals surface area contributed by atoms with Gasteiger partial charge >= 0.3 is 12.1 Å². The Morgan fingerprint density at radius 2 is 2.00 bits per heavy atom. The van der Waals surface area contributed by atoms with E-state index in [9.17, 15) is 18.0 Å². The summed E-state index contributed by atoms with van der Waals surface area (Å²) < 4.78 is 38.4. The fourth-order valence-corrected chi connectivity index (χ4v) is 0.379. The molecule has 0 aromatic rings. The molecule has 70 valence electrons. The van der Waals surface area contributed by atoms with Crippen molar-refractivity contribution in [2.24, 2.45) is 0 Å². The summed E-state index contributed by atoms with van der Waals surface area (Å²) in [7, 11) is 0. The fraction of sp³-hybridized carbons (Fsp3) is 0.571. The zero-order valence-electron chi connectivity index (χ0n) is 6.73. The largest absolute Gasteiger partial charge is 0.453 e. The van der Waals surface area contributed by atoms with Crippen molar-refractivity contribution in [2.75, 3.05) is 6.61 Å². The van der Waals surface area contributed by atoms with E-state index in [1.54, 1.807) is 6.92 Å². The molecule has 0 rings (SSSR count). The number of carbonyl (C=O) groups excluding carboxylic acids is 1. The van der Waals surface area contributed by atoms with Crippen LogP contribution in [0.4, 0.5) is 13.2 Å². The first-order valence-corrected chi connectivity index (χ1v) is 3.23. The van der Waals surface area contributed by atoms with Gasteiger partial charge in [0.2, 0.25) is 0 Å². The molecule has 2 nitrogen and oxygen atoms in total. The van der Waals surface area contributed by atoms with Crippen molar-refractivity contribution in [3.8, 4) is 0 Å². The Labute approximate surface area is 68.0 Å². The van der Waals surface area contributed by atoms with Crippen molar-refractivity contribution in [3.63, 3.8) is 0 Å². The predicted octanol–water partition coefficient (Wildman–Crippen LogP) is 2.06. The monoisotopic (exact) mass is 182 g/mol. The number of halogens is 3. The molecule has 0 saturated carbocycles. The van der Waals surface area contributed by atoms with Crippen LogP contribution in [-0.2, 0) is 9.53 Å². The van der Waals surface area contributed by atoms with E-state index < -0.39 is 18.8 Å². The summed E-state index contributed by atoms with van der Waals surface area (Å²) in [6.45, 7) is 1.40. The third-order valence-electron chi connectivity index (χ3n) is 1.12. The molecule has 0 atom stereocenters. The molecule has 0 spiro atoms. The predicted molar refractivity (Wildman–Crippen MR) is 36.4 cm³/mol. The molecule has 0 bridgehead atoms. The molecule has 0 fully saturated rings. The maximum absolute atomic E-state index is 11.5. The third kappa shape index (κ3) is 4.76. The Hall–Kier alpha value is -1.00. The number of rotatable bonds is 2. The minimum absolute atomic E-state index is 0.166. The second-order valence-electron chi connectivity index (χ2n) is 2.16. The van der Waals surface area contributed by atoms with Crippen LogP contribution in [0.15, 0.2) is 11.6 Å². The molecule has 0 aromatic carbocycles. The highest BCUT2D eigenvalue weighted by atomic mass is 19.4. The van der Waals surface area contributed by atoms with Gasteiger partial charge in [-0.15, -0.1) is 0 Å². The van der Waals surface area contributed by atoms with Gasteiger partial charge in [-0.3, -0.25) is 0 Å². The van der Waals surface area contributed by atoms with E-state index in [-0.39, 0.29) is 5.57 Å². The Bertz CT molecular complexity index is 193. The van der Waals surface area contributed by atoms with E-state index in [2.05, 4.69) is 4.74 Å². The zero-order chi connectivity index (χ0) is 9.78. The second-order valence-corrected chi connectivity index (χ2v) is 2.16. The van der Waals surface area contributed by atoms with Gasteiger partial charge < -0.3 is 4.74 Å². The van der Waals surface area contributed by atoms with Gasteiger partial charge in [-0.05, 0) is 13.8 Å². The molecule has 0 heterocycles. The van der Waals surface area contributed by atoms with E-state index in [0.717, 1.165) is 0 Å². The van der Waals surface area contributed by atoms with Crippen LogP contribution in [0.25, 0.3) is 0 Å². The average molecular weight is 182 g/mol. The summed E-state index contributed by atoms with van der Waals surface area (Å²) in [6.07, 6.45) is -3.07. The topological polar surface area (TPSA) is 26.3 Å². The third-order valence-corrected chi connectivity index (χ3v) is 1.12. The molecule has 0 aromatic heterocycles. The van der Waals surface area contributed by atoms with Gasteiger partial charge in [0.05, 0.1) is 0 Å². The number of esters is 1. The molecule has 0 unspecified atom stereocenters. The molecule has 0 saturated heterocycles. The lowest BCUT2D eigenvalue weighted by molar-refractivity contribution is -0.183. The molecule has 0 aliphatic carbocycles. The number of allylic oxidation sites excluding steroid dienone is 1. The van der Waals surface area contributed by atoms with E-state index in [1.807, 2.05) is 0 Å². The van der Waals surface area contributed by atoms with Crippen LogP contribution in [0.2, 0.25) is 0 Å². The van der Waals surface area contributed by atoms with Crippen LogP contribution in [0.5, 0.6) is 0 Å². The van der Waals surface area contributed by atoms with Crippen LogP contribution in [0.3, 0.4) is 0 Å². The molecule has 5 heteroatoms. The van der Waals surface area contributed by atoms with Gasteiger partial charge in [0.15, 0.2) is 6.61 Å². The number of carbonyl (C=O) groups is 1. The molecule has 0 radical (unpaired) electrons. The van der Waals surface area contributed by atoms with Gasteiger partial charge in [0.1, 0.15) is 0 Å². The first kappa shape index (κ1) is 11.0. The minimum Gasteiger partial charge on any atom is -0.453 e. The Morgan fingerprint density at radius 3 is 2.33 bits per heavy atom. The highest BCUT2D eigenvalue weighted by Gasteiger charge is 2.29. The number of ether oxygens (including phenoxy) is 1. The van der Waals surface area contributed by atoms with Crippen LogP contribution >= 0.6 is 0 Å². The second kappa shape index (κ2) is 4.13. The molecular formula is C7H9F3O2. The lowest BCUT2D eigenvalue weighted by Gasteiger charge is -2.07. The molecular weight excluding hydrogens is 173 g/mol. The highest BCUT2D eigenvalue weighted by molar-refractivity contribution is 5.87. The first-order chi connectivity index (χ1) is 5.37. The zero-order valence-corrected chi connectivity index (χ0v) is 6.73. The molecule has 12 heavy (non-hydrogen) atoms. The fourth-order valence-electron chi connectivity index (χ4n) is 0.379. The standard InChI is InChI=1S/C7H9F3O2/c1-3-5(2)6(11)12-4-7(8,9)10/h3H,4H2,1-2H3. The molecule has 0 amide bonds. The Balaban J connectivity index is 3.89. The Morgan fingerprint density at radius 1 is 1.50 bits per heavy atom. The number of hydrogen-bond donors (Lipinski definition) is 0. The van der Waals surface area contributed by atoms with Crippen LogP contribution < -0.4 is 0 Å². The van der Waals surface area contributed by atoms with Gasteiger partial charge in [-0.25, -0.2) is 4.79 Å². The summed E-state index contributed by atoms with van der Waals surface area (Å²) in [4.78, 5) is 10.6. The van der Waals surface area contributed by atoms with E-state index in [1.165, 1.54) is 13.0 Å². The van der Waals surface area contributed by atoms with Crippen molar-refractivity contribution in [2.45, 2.75) is 20.0 Å². The van der Waals surface area contributed by atoms with Gasteiger partial charge in [-0.1, -0.05) is 6.08 Å². The van der Waals surface area contributed by atoms with E-state index in [4.69, 9.17) is 0 Å².